The van der Waals surface area contributed by atoms with Crippen LogP contribution in [0.4, 0.5) is 0 Å². The lowest BCUT2D eigenvalue weighted by atomic mass is 10.0. The van der Waals surface area contributed by atoms with Crippen molar-refractivity contribution in [1.29, 1.82) is 0 Å². The standard InChI is InChI=1S/C22H21NOS/c24-22(23(20-12-13-20)16-21-7-4-14-25-21)15-17-8-10-19(11-9-17)18-5-2-1-3-6-18/h1-11,14,20H,12-13,15-16H2. The third-order valence-electron chi connectivity index (χ3n) is 4.63. The van der Waals surface area contributed by atoms with Gasteiger partial charge in [-0.15, -0.1) is 11.3 Å². The van der Waals surface area contributed by atoms with Gasteiger partial charge in [0.15, 0.2) is 0 Å². The molecule has 25 heavy (non-hydrogen) atoms. The van der Waals surface area contributed by atoms with Crippen molar-refractivity contribution in [2.45, 2.75) is 31.8 Å². The molecule has 0 N–H and O–H groups in total. The molecular weight excluding hydrogens is 326 g/mol. The molecule has 2 aromatic carbocycles. The van der Waals surface area contributed by atoms with E-state index in [0.29, 0.717) is 12.5 Å². The Bertz CT molecular complexity index is 820. The van der Waals surface area contributed by atoms with Gasteiger partial charge in [-0.2, -0.15) is 0 Å². The van der Waals surface area contributed by atoms with Gasteiger partial charge in [-0.1, -0.05) is 60.7 Å². The highest BCUT2D eigenvalue weighted by Crippen LogP contribution is 2.30. The normalized spacial score (nSPS) is 13.6. The first-order valence-electron chi connectivity index (χ1n) is 8.76. The molecule has 1 aliphatic carbocycles. The zero-order valence-corrected chi connectivity index (χ0v) is 14.9. The second-order valence-corrected chi connectivity index (χ2v) is 7.60. The summed E-state index contributed by atoms with van der Waals surface area (Å²) in [5, 5.41) is 2.08. The number of benzene rings is 2. The van der Waals surface area contributed by atoms with Crippen LogP contribution in [0.5, 0.6) is 0 Å². The molecule has 0 radical (unpaired) electrons. The van der Waals surface area contributed by atoms with E-state index < -0.39 is 0 Å². The predicted molar refractivity (Wildman–Crippen MR) is 103 cm³/mol. The second-order valence-electron chi connectivity index (χ2n) is 6.57. The summed E-state index contributed by atoms with van der Waals surface area (Å²) in [5.74, 6) is 0.239. The molecule has 1 fully saturated rings. The molecule has 0 spiro atoms. The van der Waals surface area contributed by atoms with Gasteiger partial charge in [0, 0.05) is 10.9 Å². The van der Waals surface area contributed by atoms with Crippen LogP contribution in [0.25, 0.3) is 11.1 Å². The fraction of sp³-hybridized carbons (Fsp3) is 0.227. The SMILES string of the molecule is O=C(Cc1ccc(-c2ccccc2)cc1)N(Cc1cccs1)C1CC1. The molecule has 126 valence electrons. The summed E-state index contributed by atoms with van der Waals surface area (Å²) in [6.45, 7) is 0.753. The number of nitrogens with zero attached hydrogens (tertiary/aromatic N) is 1. The maximum Gasteiger partial charge on any atom is 0.227 e. The molecule has 0 bridgehead atoms. The van der Waals surface area contributed by atoms with E-state index >= 15 is 0 Å². The summed E-state index contributed by atoms with van der Waals surface area (Å²) in [6.07, 6.45) is 2.77. The molecule has 0 aliphatic heterocycles. The van der Waals surface area contributed by atoms with Crippen LogP contribution in [0.1, 0.15) is 23.3 Å². The number of thiophene rings is 1. The fourth-order valence-corrected chi connectivity index (χ4v) is 3.80. The van der Waals surface area contributed by atoms with Gasteiger partial charge < -0.3 is 4.90 Å². The Kier molecular flexibility index (Phi) is 4.66. The summed E-state index contributed by atoms with van der Waals surface area (Å²) in [5.41, 5.74) is 3.48. The molecule has 3 heteroatoms. The molecule has 1 amide bonds. The third-order valence-corrected chi connectivity index (χ3v) is 5.49. The van der Waals surface area contributed by atoms with Crippen LogP contribution in [0.2, 0.25) is 0 Å². The van der Waals surface area contributed by atoms with E-state index in [2.05, 4.69) is 58.8 Å². The van der Waals surface area contributed by atoms with Crippen molar-refractivity contribution in [2.24, 2.45) is 0 Å². The summed E-state index contributed by atoms with van der Waals surface area (Å²) >= 11 is 1.73. The van der Waals surface area contributed by atoms with Crippen LogP contribution in [0, 0.1) is 0 Å². The quantitative estimate of drug-likeness (QED) is 0.604. The Morgan fingerprint density at radius 2 is 1.64 bits per heavy atom. The van der Waals surface area contributed by atoms with Gasteiger partial charge in [-0.05, 0) is 41.0 Å². The number of carbonyl (C=O) groups excluding carboxylic acids is 1. The molecule has 2 nitrogen and oxygen atoms in total. The average molecular weight is 347 g/mol. The molecule has 1 saturated carbocycles. The molecule has 0 atom stereocenters. The highest BCUT2D eigenvalue weighted by molar-refractivity contribution is 7.09. The zero-order chi connectivity index (χ0) is 17.1. The Hall–Kier alpha value is -2.39. The van der Waals surface area contributed by atoms with E-state index in [9.17, 15) is 4.79 Å². The predicted octanol–water partition coefficient (Wildman–Crippen LogP) is 5.15. The van der Waals surface area contributed by atoms with Crippen LogP contribution in [0.15, 0.2) is 72.1 Å². The van der Waals surface area contributed by atoms with E-state index in [-0.39, 0.29) is 5.91 Å². The van der Waals surface area contributed by atoms with Gasteiger partial charge in [0.05, 0.1) is 13.0 Å². The first-order chi connectivity index (χ1) is 12.3. The molecule has 0 unspecified atom stereocenters. The minimum atomic E-state index is 0.239. The topological polar surface area (TPSA) is 20.3 Å². The summed E-state index contributed by atoms with van der Waals surface area (Å²) in [6, 6.07) is 23.3. The molecule has 1 aromatic heterocycles. The monoisotopic (exact) mass is 347 g/mol. The van der Waals surface area contributed by atoms with Crippen molar-refractivity contribution in [3.8, 4) is 11.1 Å². The van der Waals surface area contributed by atoms with Crippen LogP contribution in [0.3, 0.4) is 0 Å². The Labute approximate surface area is 152 Å². The molecule has 3 aromatic rings. The van der Waals surface area contributed by atoms with E-state index in [1.54, 1.807) is 11.3 Å². The maximum absolute atomic E-state index is 12.8. The van der Waals surface area contributed by atoms with E-state index in [1.807, 2.05) is 18.2 Å². The first-order valence-corrected chi connectivity index (χ1v) is 9.64. The summed E-state index contributed by atoms with van der Waals surface area (Å²) in [7, 11) is 0. The van der Waals surface area contributed by atoms with Crippen molar-refractivity contribution in [2.75, 3.05) is 0 Å². The van der Waals surface area contributed by atoms with Crippen molar-refractivity contribution in [3.05, 3.63) is 82.6 Å². The summed E-state index contributed by atoms with van der Waals surface area (Å²) in [4.78, 5) is 16.1. The lowest BCUT2D eigenvalue weighted by Gasteiger charge is -2.22. The molecule has 4 rings (SSSR count). The minimum Gasteiger partial charge on any atom is -0.334 e. The number of carbonyl (C=O) groups is 1. The number of hydrogen-bond donors (Lipinski definition) is 0. The lowest BCUT2D eigenvalue weighted by Crippen LogP contribution is -2.33. The Morgan fingerprint density at radius 1 is 0.920 bits per heavy atom. The second kappa shape index (κ2) is 7.24. The van der Waals surface area contributed by atoms with E-state index in [1.165, 1.54) is 16.0 Å². The van der Waals surface area contributed by atoms with Gasteiger partial charge in [0.1, 0.15) is 0 Å². The molecular formula is C22H21NOS. The van der Waals surface area contributed by atoms with Crippen molar-refractivity contribution in [3.63, 3.8) is 0 Å². The average Bonchev–Trinajstić information content (AvgIpc) is 3.36. The number of rotatable bonds is 6. The first kappa shape index (κ1) is 16.1. The molecule has 1 heterocycles. The highest BCUT2D eigenvalue weighted by atomic mass is 32.1. The Balaban J connectivity index is 1.44. The van der Waals surface area contributed by atoms with E-state index in [4.69, 9.17) is 0 Å². The maximum atomic E-state index is 12.8. The fourth-order valence-electron chi connectivity index (χ4n) is 3.10. The largest absolute Gasteiger partial charge is 0.334 e. The van der Waals surface area contributed by atoms with Crippen LogP contribution in [-0.2, 0) is 17.8 Å². The van der Waals surface area contributed by atoms with Gasteiger partial charge in [0.2, 0.25) is 5.91 Å². The van der Waals surface area contributed by atoms with Crippen molar-refractivity contribution >= 4 is 17.2 Å². The smallest absolute Gasteiger partial charge is 0.227 e. The number of amides is 1. The van der Waals surface area contributed by atoms with Gasteiger partial charge >= 0.3 is 0 Å². The van der Waals surface area contributed by atoms with E-state index in [0.717, 1.165) is 24.9 Å². The van der Waals surface area contributed by atoms with Crippen LogP contribution >= 0.6 is 11.3 Å². The van der Waals surface area contributed by atoms with Gasteiger partial charge in [-0.3, -0.25) is 4.79 Å². The van der Waals surface area contributed by atoms with Crippen LogP contribution < -0.4 is 0 Å². The number of hydrogen-bond acceptors (Lipinski definition) is 2. The van der Waals surface area contributed by atoms with Crippen molar-refractivity contribution in [1.82, 2.24) is 4.90 Å². The van der Waals surface area contributed by atoms with Gasteiger partial charge in [0.25, 0.3) is 0 Å². The molecule has 0 saturated heterocycles. The lowest BCUT2D eigenvalue weighted by molar-refractivity contribution is -0.131. The summed E-state index contributed by atoms with van der Waals surface area (Å²) < 4.78 is 0. The zero-order valence-electron chi connectivity index (χ0n) is 14.1. The highest BCUT2D eigenvalue weighted by Gasteiger charge is 2.32. The third kappa shape index (κ3) is 3.99. The minimum absolute atomic E-state index is 0.239. The van der Waals surface area contributed by atoms with Crippen molar-refractivity contribution < 1.29 is 4.79 Å². The Morgan fingerprint density at radius 3 is 2.28 bits per heavy atom. The van der Waals surface area contributed by atoms with Crippen LogP contribution in [-0.4, -0.2) is 16.8 Å². The van der Waals surface area contributed by atoms with Gasteiger partial charge in [-0.25, -0.2) is 0 Å². The molecule has 1 aliphatic rings.